The summed E-state index contributed by atoms with van der Waals surface area (Å²) < 4.78 is 0. The summed E-state index contributed by atoms with van der Waals surface area (Å²) in [6.45, 7) is 1.63. The van der Waals surface area contributed by atoms with Gasteiger partial charge in [0.15, 0.2) is 5.11 Å². The first-order chi connectivity index (χ1) is 7.65. The normalized spacial score (nSPS) is 12.3. The number of hydrogen-bond acceptors (Lipinski definition) is 4. The molecule has 0 atom stereocenters. The number of oxime groups is 1. The lowest BCUT2D eigenvalue weighted by Gasteiger charge is -2.05. The zero-order valence-corrected chi connectivity index (χ0v) is 9.53. The van der Waals surface area contributed by atoms with E-state index in [0.29, 0.717) is 11.4 Å². The van der Waals surface area contributed by atoms with Crippen molar-refractivity contribution >= 4 is 28.8 Å². The summed E-state index contributed by atoms with van der Waals surface area (Å²) in [4.78, 5) is 0. The van der Waals surface area contributed by atoms with Gasteiger partial charge in [-0.2, -0.15) is 5.10 Å². The molecule has 1 rings (SSSR count). The molecular weight excluding hydrogens is 224 g/mol. The monoisotopic (exact) mass is 236 g/mol. The Hall–Kier alpha value is -1.95. The van der Waals surface area contributed by atoms with Crippen molar-refractivity contribution in [2.24, 2.45) is 16.0 Å². The lowest BCUT2D eigenvalue weighted by atomic mass is 10.1. The SMILES string of the molecule is CC(=N\O)/C(=N\NC(N)=S)c1ccccc1. The smallest absolute Gasteiger partial charge is 0.184 e. The van der Waals surface area contributed by atoms with Gasteiger partial charge >= 0.3 is 0 Å². The van der Waals surface area contributed by atoms with Crippen LogP contribution in [0.3, 0.4) is 0 Å². The van der Waals surface area contributed by atoms with E-state index in [1.165, 1.54) is 0 Å². The van der Waals surface area contributed by atoms with Crippen molar-refractivity contribution in [3.05, 3.63) is 35.9 Å². The van der Waals surface area contributed by atoms with Crippen LogP contribution >= 0.6 is 12.2 Å². The lowest BCUT2D eigenvalue weighted by molar-refractivity contribution is 0.320. The van der Waals surface area contributed by atoms with Gasteiger partial charge in [-0.15, -0.1) is 0 Å². The van der Waals surface area contributed by atoms with Crippen LogP contribution in [0.1, 0.15) is 12.5 Å². The number of rotatable bonds is 3. The fraction of sp³-hybridized carbons (Fsp3) is 0.100. The Morgan fingerprint density at radius 3 is 2.50 bits per heavy atom. The Morgan fingerprint density at radius 2 is 2.00 bits per heavy atom. The molecule has 0 aliphatic heterocycles. The van der Waals surface area contributed by atoms with E-state index in [2.05, 4.69) is 27.9 Å². The molecule has 0 saturated heterocycles. The van der Waals surface area contributed by atoms with E-state index in [-0.39, 0.29) is 5.11 Å². The van der Waals surface area contributed by atoms with Crippen LogP contribution in [0.25, 0.3) is 0 Å². The Morgan fingerprint density at radius 1 is 1.38 bits per heavy atom. The highest BCUT2D eigenvalue weighted by molar-refractivity contribution is 7.80. The van der Waals surface area contributed by atoms with Crippen LogP contribution in [-0.4, -0.2) is 21.7 Å². The molecule has 6 heteroatoms. The third-order valence-corrected chi connectivity index (χ3v) is 1.91. The first-order valence-corrected chi connectivity index (χ1v) is 4.93. The minimum Gasteiger partial charge on any atom is -0.411 e. The summed E-state index contributed by atoms with van der Waals surface area (Å²) in [5.74, 6) is 0. The molecule has 0 bridgehead atoms. The molecule has 5 nitrogen and oxygen atoms in total. The molecule has 0 amide bonds. The van der Waals surface area contributed by atoms with Crippen molar-refractivity contribution < 1.29 is 5.21 Å². The summed E-state index contributed by atoms with van der Waals surface area (Å²) in [5, 5.41) is 15.9. The van der Waals surface area contributed by atoms with Crippen molar-refractivity contribution in [1.29, 1.82) is 0 Å². The van der Waals surface area contributed by atoms with Gasteiger partial charge in [0.2, 0.25) is 0 Å². The Balaban J connectivity index is 3.07. The van der Waals surface area contributed by atoms with Crippen LogP contribution in [0.2, 0.25) is 0 Å². The highest BCUT2D eigenvalue weighted by atomic mass is 32.1. The van der Waals surface area contributed by atoms with E-state index in [0.717, 1.165) is 5.56 Å². The van der Waals surface area contributed by atoms with Gasteiger partial charge in [0, 0.05) is 5.56 Å². The summed E-state index contributed by atoms with van der Waals surface area (Å²) in [7, 11) is 0. The second kappa shape index (κ2) is 5.82. The van der Waals surface area contributed by atoms with Crippen molar-refractivity contribution in [3.63, 3.8) is 0 Å². The first-order valence-electron chi connectivity index (χ1n) is 4.52. The molecule has 0 unspecified atom stereocenters. The van der Waals surface area contributed by atoms with Gasteiger partial charge in [0.05, 0.1) is 0 Å². The minimum atomic E-state index is 0.0548. The largest absolute Gasteiger partial charge is 0.411 e. The summed E-state index contributed by atoms with van der Waals surface area (Å²) in [6.07, 6.45) is 0. The van der Waals surface area contributed by atoms with Crippen molar-refractivity contribution in [2.75, 3.05) is 0 Å². The predicted octanol–water partition coefficient (Wildman–Crippen LogP) is 1.07. The Kier molecular flexibility index (Phi) is 4.41. The molecule has 4 N–H and O–H groups in total. The Bertz CT molecular complexity index is 428. The molecule has 84 valence electrons. The van der Waals surface area contributed by atoms with Gasteiger partial charge in [-0.1, -0.05) is 35.5 Å². The number of hydrogen-bond donors (Lipinski definition) is 3. The van der Waals surface area contributed by atoms with Crippen LogP contribution < -0.4 is 11.2 Å². The number of nitrogens with one attached hydrogen (secondary N) is 1. The van der Waals surface area contributed by atoms with Crippen LogP contribution in [0, 0.1) is 0 Å². The highest BCUT2D eigenvalue weighted by Gasteiger charge is 2.07. The topological polar surface area (TPSA) is 83.0 Å². The van der Waals surface area contributed by atoms with Gasteiger partial charge in [-0.3, -0.25) is 5.43 Å². The number of nitrogens with zero attached hydrogens (tertiary/aromatic N) is 2. The molecule has 0 aromatic heterocycles. The van der Waals surface area contributed by atoms with Gasteiger partial charge in [-0.25, -0.2) is 0 Å². The van der Waals surface area contributed by atoms with Gasteiger partial charge in [-0.05, 0) is 19.1 Å². The van der Waals surface area contributed by atoms with E-state index >= 15 is 0 Å². The number of hydrazone groups is 1. The van der Waals surface area contributed by atoms with Crippen LogP contribution in [0.4, 0.5) is 0 Å². The quantitative estimate of drug-likeness (QED) is 0.317. The van der Waals surface area contributed by atoms with Crippen molar-refractivity contribution in [3.8, 4) is 0 Å². The first kappa shape index (κ1) is 12.1. The maximum absolute atomic E-state index is 8.75. The average molecular weight is 236 g/mol. The highest BCUT2D eigenvalue weighted by Crippen LogP contribution is 2.02. The van der Waals surface area contributed by atoms with E-state index < -0.39 is 0 Å². The van der Waals surface area contributed by atoms with Gasteiger partial charge in [0.1, 0.15) is 11.4 Å². The summed E-state index contributed by atoms with van der Waals surface area (Å²) in [6, 6.07) is 9.28. The molecule has 16 heavy (non-hydrogen) atoms. The maximum atomic E-state index is 8.75. The summed E-state index contributed by atoms with van der Waals surface area (Å²) in [5.41, 5.74) is 9.40. The standard InChI is InChI=1S/C10H12N4OS/c1-7(14-15)9(12-13-10(11)16)8-5-3-2-4-6-8/h2-6,15H,1H3,(H3,11,13,16)/b12-9+,14-7+. The van der Waals surface area contributed by atoms with Gasteiger partial charge in [0.25, 0.3) is 0 Å². The molecule has 0 aliphatic carbocycles. The van der Waals surface area contributed by atoms with E-state index in [4.69, 9.17) is 10.9 Å². The van der Waals surface area contributed by atoms with Crippen LogP contribution in [0.5, 0.6) is 0 Å². The zero-order chi connectivity index (χ0) is 12.0. The second-order valence-corrected chi connectivity index (χ2v) is 3.43. The average Bonchev–Trinajstić information content (AvgIpc) is 2.30. The maximum Gasteiger partial charge on any atom is 0.184 e. The van der Waals surface area contributed by atoms with Crippen LogP contribution in [-0.2, 0) is 0 Å². The number of thiocarbonyl (C=S) groups is 1. The third kappa shape index (κ3) is 3.32. The zero-order valence-electron chi connectivity index (χ0n) is 8.71. The van der Waals surface area contributed by atoms with E-state index in [1.54, 1.807) is 6.92 Å². The molecule has 0 radical (unpaired) electrons. The lowest BCUT2D eigenvalue weighted by Crippen LogP contribution is -2.27. The fourth-order valence-electron chi connectivity index (χ4n) is 1.11. The van der Waals surface area contributed by atoms with E-state index in [9.17, 15) is 0 Å². The molecular formula is C10H12N4OS. The number of benzene rings is 1. The van der Waals surface area contributed by atoms with E-state index in [1.807, 2.05) is 30.3 Å². The molecule has 0 saturated carbocycles. The molecule has 0 fully saturated rings. The fourth-order valence-corrected chi connectivity index (χ4v) is 1.15. The molecule has 1 aromatic carbocycles. The summed E-state index contributed by atoms with van der Waals surface area (Å²) >= 11 is 4.64. The third-order valence-electron chi connectivity index (χ3n) is 1.82. The van der Waals surface area contributed by atoms with Gasteiger partial charge < -0.3 is 10.9 Å². The van der Waals surface area contributed by atoms with Crippen molar-refractivity contribution in [2.45, 2.75) is 6.92 Å². The van der Waals surface area contributed by atoms with Crippen LogP contribution in [0.15, 0.2) is 40.6 Å². The molecule has 0 aliphatic rings. The Labute approximate surface area is 98.6 Å². The molecule has 1 aromatic rings. The molecule has 0 spiro atoms. The predicted molar refractivity (Wildman–Crippen MR) is 67.8 cm³/mol. The number of nitrogens with two attached hydrogens (primary N) is 1. The van der Waals surface area contributed by atoms with Crippen molar-refractivity contribution in [1.82, 2.24) is 5.43 Å². The molecule has 0 heterocycles. The minimum absolute atomic E-state index is 0.0548. The second-order valence-electron chi connectivity index (χ2n) is 2.99.